The van der Waals surface area contributed by atoms with Gasteiger partial charge in [0.1, 0.15) is 6.10 Å². The third-order valence-electron chi connectivity index (χ3n) is 7.28. The SMILES string of the molecule is CN1CN(C)C2=C(C1=O)[C@H]1C[C@@H](c3ccc(Br)cc3)[C@H]([N+](=O)[O-])C[C@@H]1[C@@H](c1ccccc1)O2. The van der Waals surface area contributed by atoms with E-state index in [1.165, 1.54) is 0 Å². The van der Waals surface area contributed by atoms with Crippen molar-refractivity contribution < 1.29 is 14.5 Å². The van der Waals surface area contributed by atoms with Gasteiger partial charge in [0.15, 0.2) is 5.88 Å². The first-order valence-corrected chi connectivity index (χ1v) is 12.0. The van der Waals surface area contributed by atoms with Gasteiger partial charge in [0.2, 0.25) is 6.04 Å². The van der Waals surface area contributed by atoms with Gasteiger partial charge in [-0.15, -0.1) is 0 Å². The van der Waals surface area contributed by atoms with Gasteiger partial charge >= 0.3 is 0 Å². The Morgan fingerprint density at radius 3 is 2.33 bits per heavy atom. The Labute approximate surface area is 201 Å². The van der Waals surface area contributed by atoms with Gasteiger partial charge in [-0.1, -0.05) is 58.4 Å². The zero-order chi connectivity index (χ0) is 23.3. The maximum atomic E-state index is 13.3. The number of nitro groups is 1. The smallest absolute Gasteiger partial charge is 0.256 e. The summed E-state index contributed by atoms with van der Waals surface area (Å²) < 4.78 is 7.42. The number of hydrogen-bond acceptors (Lipinski definition) is 5. The summed E-state index contributed by atoms with van der Waals surface area (Å²) in [5.74, 6) is 0.0163. The van der Waals surface area contributed by atoms with E-state index < -0.39 is 6.04 Å². The van der Waals surface area contributed by atoms with E-state index >= 15 is 0 Å². The Morgan fingerprint density at radius 2 is 1.67 bits per heavy atom. The van der Waals surface area contributed by atoms with Gasteiger partial charge in [-0.05, 0) is 29.7 Å². The molecule has 3 aliphatic rings. The van der Waals surface area contributed by atoms with Crippen LogP contribution >= 0.6 is 15.9 Å². The summed E-state index contributed by atoms with van der Waals surface area (Å²) in [6.07, 6.45) is 0.564. The van der Waals surface area contributed by atoms with Crippen molar-refractivity contribution >= 4 is 21.8 Å². The fraction of sp³-hybridized carbons (Fsp3) is 0.400. The number of nitrogens with zero attached hydrogens (tertiary/aromatic N) is 3. The molecule has 1 amide bonds. The van der Waals surface area contributed by atoms with E-state index in [-0.39, 0.29) is 34.7 Å². The van der Waals surface area contributed by atoms with Crippen molar-refractivity contribution in [3.63, 3.8) is 0 Å². The van der Waals surface area contributed by atoms with Gasteiger partial charge in [-0.25, -0.2) is 0 Å². The molecule has 2 heterocycles. The highest BCUT2D eigenvalue weighted by Gasteiger charge is 2.54. The van der Waals surface area contributed by atoms with Gasteiger partial charge in [-0.2, -0.15) is 0 Å². The summed E-state index contributed by atoms with van der Waals surface area (Å²) in [6, 6.07) is 16.9. The summed E-state index contributed by atoms with van der Waals surface area (Å²) in [4.78, 5) is 29.1. The molecule has 5 atom stereocenters. The molecule has 0 saturated heterocycles. The Hall–Kier alpha value is -2.87. The lowest BCUT2D eigenvalue weighted by molar-refractivity contribution is -0.533. The summed E-state index contributed by atoms with van der Waals surface area (Å²) in [6.45, 7) is 0.449. The Balaban J connectivity index is 1.62. The molecule has 0 N–H and O–H groups in total. The normalized spacial score (nSPS) is 29.3. The molecule has 0 bridgehead atoms. The maximum Gasteiger partial charge on any atom is 0.256 e. The van der Waals surface area contributed by atoms with E-state index in [4.69, 9.17) is 4.74 Å². The van der Waals surface area contributed by atoms with E-state index in [0.717, 1.165) is 15.6 Å². The van der Waals surface area contributed by atoms with Gasteiger partial charge in [0.05, 0.1) is 18.2 Å². The van der Waals surface area contributed by atoms with Crippen LogP contribution in [0.25, 0.3) is 0 Å². The zero-order valence-corrected chi connectivity index (χ0v) is 20.1. The van der Waals surface area contributed by atoms with Crippen LogP contribution in [0, 0.1) is 22.0 Å². The first-order valence-electron chi connectivity index (χ1n) is 11.2. The minimum atomic E-state index is -0.737. The molecule has 172 valence electrons. The minimum Gasteiger partial charge on any atom is -0.470 e. The number of ether oxygens (including phenoxy) is 1. The summed E-state index contributed by atoms with van der Waals surface area (Å²) in [7, 11) is 3.71. The van der Waals surface area contributed by atoms with Crippen LogP contribution in [-0.2, 0) is 9.53 Å². The quantitative estimate of drug-likeness (QED) is 0.446. The number of likely N-dealkylation sites (N-methyl/N-ethyl adjacent to an activating group) is 1. The fourth-order valence-corrected chi connectivity index (χ4v) is 6.03. The van der Waals surface area contributed by atoms with Crippen LogP contribution in [0.3, 0.4) is 0 Å². The molecule has 2 aromatic rings. The first-order chi connectivity index (χ1) is 15.8. The van der Waals surface area contributed by atoms with Gasteiger partial charge in [0, 0.05) is 41.7 Å². The Kier molecular flexibility index (Phi) is 5.64. The lowest BCUT2D eigenvalue weighted by Crippen LogP contribution is -2.52. The van der Waals surface area contributed by atoms with Crippen molar-refractivity contribution in [2.75, 3.05) is 20.8 Å². The van der Waals surface area contributed by atoms with Crippen molar-refractivity contribution in [2.45, 2.75) is 30.9 Å². The summed E-state index contributed by atoms with van der Waals surface area (Å²) >= 11 is 3.46. The maximum absolute atomic E-state index is 13.3. The van der Waals surface area contributed by atoms with E-state index in [1.54, 1.807) is 11.9 Å². The van der Waals surface area contributed by atoms with Crippen molar-refractivity contribution in [1.82, 2.24) is 9.80 Å². The van der Waals surface area contributed by atoms with Crippen LogP contribution < -0.4 is 0 Å². The van der Waals surface area contributed by atoms with Crippen LogP contribution in [-0.4, -0.2) is 47.4 Å². The van der Waals surface area contributed by atoms with Crippen molar-refractivity contribution in [3.8, 4) is 0 Å². The standard InChI is InChI=1S/C25H26BrN3O4/c1-27-14-28(2)25-22(24(27)30)19-12-18(15-8-10-17(26)11-9-15)21(29(31)32)13-20(19)23(33-25)16-6-4-3-5-7-16/h3-11,18-21,23H,12-14H2,1-2H3/t18-,19-,20-,21+,23+/m0/s1. The predicted molar refractivity (Wildman–Crippen MR) is 127 cm³/mol. The molecule has 5 rings (SSSR count). The second-order valence-electron chi connectivity index (χ2n) is 9.26. The lowest BCUT2D eigenvalue weighted by atomic mass is 9.63. The largest absolute Gasteiger partial charge is 0.470 e. The van der Waals surface area contributed by atoms with Gasteiger partial charge in [-0.3, -0.25) is 14.9 Å². The fourth-order valence-electron chi connectivity index (χ4n) is 5.77. The highest BCUT2D eigenvalue weighted by atomic mass is 79.9. The number of carbonyl (C=O) groups excluding carboxylic acids is 1. The van der Waals surface area contributed by atoms with Gasteiger partial charge in [0.25, 0.3) is 5.91 Å². The average Bonchev–Trinajstić information content (AvgIpc) is 2.82. The minimum absolute atomic E-state index is 0.0429. The molecule has 7 nitrogen and oxygen atoms in total. The molecular formula is C25H26BrN3O4. The molecule has 33 heavy (non-hydrogen) atoms. The third-order valence-corrected chi connectivity index (χ3v) is 7.81. The molecule has 0 aromatic heterocycles. The number of amides is 1. The molecule has 0 spiro atoms. The van der Waals surface area contributed by atoms with E-state index in [9.17, 15) is 14.9 Å². The molecule has 1 saturated carbocycles. The highest BCUT2D eigenvalue weighted by molar-refractivity contribution is 9.10. The highest BCUT2D eigenvalue weighted by Crippen LogP contribution is 2.54. The third kappa shape index (κ3) is 3.80. The van der Waals surface area contributed by atoms with E-state index in [0.29, 0.717) is 31.0 Å². The first kappa shape index (κ1) is 21.9. The molecule has 2 aliphatic heterocycles. The van der Waals surface area contributed by atoms with Crippen LogP contribution in [0.15, 0.2) is 70.5 Å². The number of halogens is 1. The lowest BCUT2D eigenvalue weighted by Gasteiger charge is -2.49. The molecule has 1 aliphatic carbocycles. The monoisotopic (exact) mass is 511 g/mol. The molecule has 0 unspecified atom stereocenters. The molecule has 8 heteroatoms. The van der Waals surface area contributed by atoms with Crippen LogP contribution in [0.4, 0.5) is 0 Å². The second kappa shape index (κ2) is 8.48. The topological polar surface area (TPSA) is 75.9 Å². The van der Waals surface area contributed by atoms with Crippen LogP contribution in [0.2, 0.25) is 0 Å². The van der Waals surface area contributed by atoms with Gasteiger partial charge < -0.3 is 14.5 Å². The van der Waals surface area contributed by atoms with E-state index in [2.05, 4.69) is 15.9 Å². The number of rotatable bonds is 3. The number of carbonyl (C=O) groups is 1. The van der Waals surface area contributed by atoms with Crippen molar-refractivity contribution in [1.29, 1.82) is 0 Å². The van der Waals surface area contributed by atoms with Crippen LogP contribution in [0.1, 0.15) is 36.0 Å². The van der Waals surface area contributed by atoms with Crippen molar-refractivity contribution in [2.24, 2.45) is 11.8 Å². The number of hydrogen-bond donors (Lipinski definition) is 0. The Bertz CT molecular complexity index is 1100. The second-order valence-corrected chi connectivity index (χ2v) is 10.2. The molecular weight excluding hydrogens is 486 g/mol. The van der Waals surface area contributed by atoms with E-state index in [1.807, 2.05) is 66.5 Å². The molecule has 0 radical (unpaired) electrons. The predicted octanol–water partition coefficient (Wildman–Crippen LogP) is 4.55. The molecule has 2 aromatic carbocycles. The van der Waals surface area contributed by atoms with Crippen molar-refractivity contribution in [3.05, 3.63) is 91.8 Å². The zero-order valence-electron chi connectivity index (χ0n) is 18.6. The van der Waals surface area contributed by atoms with Crippen LogP contribution in [0.5, 0.6) is 0 Å². The number of benzene rings is 2. The summed E-state index contributed by atoms with van der Waals surface area (Å²) in [5.41, 5.74) is 2.59. The number of fused-ring (bicyclic) bond motifs is 2. The Morgan fingerprint density at radius 1 is 0.970 bits per heavy atom. The summed E-state index contributed by atoms with van der Waals surface area (Å²) in [5, 5.41) is 12.2. The average molecular weight is 512 g/mol. The molecule has 1 fully saturated rings.